The van der Waals surface area contributed by atoms with Gasteiger partial charge in [0.25, 0.3) is 20.2 Å². The van der Waals surface area contributed by atoms with Crippen LogP contribution in [0.5, 0.6) is 0 Å². The molecule has 0 bridgehead atoms. The van der Waals surface area contributed by atoms with E-state index in [1.165, 1.54) is 0 Å². The molecule has 0 aliphatic rings. The summed E-state index contributed by atoms with van der Waals surface area (Å²) in [7, 11) is -8.10. The first kappa shape index (κ1) is 22.2. The predicted octanol–water partition coefficient (Wildman–Crippen LogP) is 2.16. The van der Waals surface area contributed by atoms with Gasteiger partial charge in [0.1, 0.15) is 0 Å². The van der Waals surface area contributed by atoms with Gasteiger partial charge in [-0.05, 0) is 72.2 Å². The lowest BCUT2D eigenvalue weighted by molar-refractivity contribution is 0.479. The lowest BCUT2D eigenvalue weighted by Crippen LogP contribution is -2.07. The summed E-state index contributed by atoms with van der Waals surface area (Å²) in [6.45, 7) is 0. The second-order valence-electron chi connectivity index (χ2n) is 6.61. The highest BCUT2D eigenvalue weighted by Gasteiger charge is 2.13. The van der Waals surface area contributed by atoms with Gasteiger partial charge < -0.3 is 11.5 Å². The molecule has 2 aromatic carbocycles. The minimum Gasteiger partial charge on any atom is -0.399 e. The number of nitrogens with two attached hydrogens (primary N) is 2. The minimum absolute atomic E-state index is 0.225. The van der Waals surface area contributed by atoms with Crippen LogP contribution in [-0.2, 0) is 33.1 Å². The molecule has 2 rings (SSSR count). The van der Waals surface area contributed by atoms with Crippen molar-refractivity contribution >= 4 is 31.6 Å². The maximum absolute atomic E-state index is 11.0. The van der Waals surface area contributed by atoms with E-state index < -0.39 is 20.2 Å². The van der Waals surface area contributed by atoms with Crippen LogP contribution in [0.1, 0.15) is 24.0 Å². The molecule has 0 amide bonds. The molecule has 28 heavy (non-hydrogen) atoms. The van der Waals surface area contributed by atoms with Gasteiger partial charge >= 0.3 is 0 Å². The smallest absolute Gasteiger partial charge is 0.264 e. The van der Waals surface area contributed by atoms with Gasteiger partial charge in [0.05, 0.1) is 11.5 Å². The highest BCUT2D eigenvalue weighted by molar-refractivity contribution is 7.86. The molecular formula is C18H24N2O6S2. The van der Waals surface area contributed by atoms with Crippen molar-refractivity contribution in [1.29, 1.82) is 0 Å². The van der Waals surface area contributed by atoms with Crippen molar-refractivity contribution in [3.05, 3.63) is 47.5 Å². The summed E-state index contributed by atoms with van der Waals surface area (Å²) < 4.78 is 61.8. The Morgan fingerprint density at radius 1 is 0.679 bits per heavy atom. The lowest BCUT2D eigenvalue weighted by Gasteiger charge is -2.15. The fourth-order valence-corrected chi connectivity index (χ4v) is 4.07. The molecule has 0 fully saturated rings. The summed E-state index contributed by atoms with van der Waals surface area (Å²) in [6.07, 6.45) is 1.22. The Kier molecular flexibility index (Phi) is 7.05. The largest absolute Gasteiger partial charge is 0.399 e. The first-order valence-corrected chi connectivity index (χ1v) is 11.8. The second-order valence-corrected chi connectivity index (χ2v) is 9.76. The van der Waals surface area contributed by atoms with Gasteiger partial charge in [0, 0.05) is 11.4 Å². The number of rotatable bonds is 9. The first-order chi connectivity index (χ1) is 12.9. The lowest BCUT2D eigenvalue weighted by atomic mass is 9.91. The van der Waals surface area contributed by atoms with Crippen LogP contribution in [0.4, 0.5) is 11.4 Å². The van der Waals surface area contributed by atoms with Crippen LogP contribution in [0.2, 0.25) is 0 Å². The zero-order valence-corrected chi connectivity index (χ0v) is 16.8. The van der Waals surface area contributed by atoms with Crippen LogP contribution in [0, 0.1) is 0 Å². The molecule has 0 heterocycles. The Morgan fingerprint density at radius 2 is 1.04 bits per heavy atom. The van der Waals surface area contributed by atoms with E-state index in [-0.39, 0.29) is 24.3 Å². The molecule has 0 aliphatic carbocycles. The third-order valence-corrected chi connectivity index (χ3v) is 5.85. The van der Waals surface area contributed by atoms with Crippen LogP contribution < -0.4 is 11.5 Å². The van der Waals surface area contributed by atoms with Crippen LogP contribution in [0.15, 0.2) is 36.4 Å². The van der Waals surface area contributed by atoms with Gasteiger partial charge in [-0.2, -0.15) is 16.8 Å². The minimum atomic E-state index is -4.05. The number of nitrogen functional groups attached to an aromatic ring is 2. The first-order valence-electron chi connectivity index (χ1n) is 8.62. The second kappa shape index (κ2) is 8.91. The van der Waals surface area contributed by atoms with E-state index in [0.29, 0.717) is 24.2 Å². The SMILES string of the molecule is Nc1ccc(-c2ccc(N)cc2CCCS(=O)(=O)O)c(CCCS(=O)(=O)O)c1. The van der Waals surface area contributed by atoms with Gasteiger partial charge in [0.15, 0.2) is 0 Å². The van der Waals surface area contributed by atoms with Crippen molar-refractivity contribution < 1.29 is 25.9 Å². The van der Waals surface area contributed by atoms with Gasteiger partial charge in [-0.15, -0.1) is 0 Å². The molecule has 0 atom stereocenters. The Labute approximate surface area is 165 Å². The molecule has 0 unspecified atom stereocenters. The summed E-state index contributed by atoms with van der Waals surface area (Å²) in [5.74, 6) is -0.714. The summed E-state index contributed by atoms with van der Waals surface area (Å²) in [4.78, 5) is 0. The molecule has 0 saturated carbocycles. The molecule has 8 nitrogen and oxygen atoms in total. The molecule has 0 saturated heterocycles. The molecule has 0 aromatic heterocycles. The zero-order chi connectivity index (χ0) is 20.9. The van der Waals surface area contributed by atoms with Gasteiger partial charge in [-0.3, -0.25) is 9.11 Å². The number of benzene rings is 2. The van der Waals surface area contributed by atoms with Crippen LogP contribution in [0.25, 0.3) is 11.1 Å². The standard InChI is InChI=1S/C18H24N2O6S2/c19-15-5-7-17(13(11-15)3-1-9-27(21,22)23)18-8-6-16(20)12-14(18)4-2-10-28(24,25)26/h5-8,11-12H,1-4,9-10,19-20H2,(H,21,22,23)(H,24,25,26). The monoisotopic (exact) mass is 428 g/mol. The Bertz CT molecular complexity index is 964. The number of hydrogen-bond donors (Lipinski definition) is 4. The maximum Gasteiger partial charge on any atom is 0.264 e. The zero-order valence-electron chi connectivity index (χ0n) is 15.2. The molecule has 6 N–H and O–H groups in total. The summed E-state index contributed by atoms with van der Waals surface area (Å²) in [5, 5.41) is 0. The van der Waals surface area contributed by atoms with Gasteiger partial charge in [-0.1, -0.05) is 12.1 Å². The fourth-order valence-electron chi connectivity index (χ4n) is 3.06. The van der Waals surface area contributed by atoms with Crippen molar-refractivity contribution in [1.82, 2.24) is 0 Å². The van der Waals surface area contributed by atoms with Crippen molar-refractivity contribution in [3.8, 4) is 11.1 Å². The summed E-state index contributed by atoms with van der Waals surface area (Å²) in [5.41, 5.74) is 16.1. The van der Waals surface area contributed by atoms with E-state index in [1.807, 2.05) is 12.1 Å². The Hall–Kier alpha value is -2.14. The molecule has 10 heteroatoms. The molecular weight excluding hydrogens is 404 g/mol. The molecule has 2 aromatic rings. The van der Waals surface area contributed by atoms with Crippen molar-refractivity contribution in [2.45, 2.75) is 25.7 Å². The number of hydrogen-bond acceptors (Lipinski definition) is 6. The predicted molar refractivity (Wildman–Crippen MR) is 110 cm³/mol. The summed E-state index contributed by atoms with van der Waals surface area (Å²) in [6, 6.07) is 10.6. The molecule has 154 valence electrons. The molecule has 0 spiro atoms. The third-order valence-electron chi connectivity index (χ3n) is 4.25. The Morgan fingerprint density at radius 3 is 1.36 bits per heavy atom. The van der Waals surface area contributed by atoms with Gasteiger partial charge in [0.2, 0.25) is 0 Å². The number of anilines is 2. The van der Waals surface area contributed by atoms with E-state index in [9.17, 15) is 16.8 Å². The van der Waals surface area contributed by atoms with E-state index in [1.54, 1.807) is 24.3 Å². The normalized spacial score (nSPS) is 12.2. The molecule has 0 aliphatic heterocycles. The van der Waals surface area contributed by atoms with E-state index >= 15 is 0 Å². The summed E-state index contributed by atoms with van der Waals surface area (Å²) >= 11 is 0. The number of aryl methyl sites for hydroxylation is 2. The quantitative estimate of drug-likeness (QED) is 0.349. The van der Waals surface area contributed by atoms with Crippen molar-refractivity contribution in [2.24, 2.45) is 0 Å². The molecule has 0 radical (unpaired) electrons. The van der Waals surface area contributed by atoms with E-state index in [4.69, 9.17) is 20.6 Å². The van der Waals surface area contributed by atoms with Crippen LogP contribution >= 0.6 is 0 Å². The van der Waals surface area contributed by atoms with E-state index in [2.05, 4.69) is 0 Å². The van der Waals surface area contributed by atoms with E-state index in [0.717, 1.165) is 22.3 Å². The van der Waals surface area contributed by atoms with Crippen LogP contribution in [-0.4, -0.2) is 37.4 Å². The highest BCUT2D eigenvalue weighted by Crippen LogP contribution is 2.31. The highest BCUT2D eigenvalue weighted by atomic mass is 32.2. The van der Waals surface area contributed by atoms with Gasteiger partial charge in [-0.25, -0.2) is 0 Å². The average Bonchev–Trinajstić information content (AvgIpc) is 2.53. The topological polar surface area (TPSA) is 161 Å². The van der Waals surface area contributed by atoms with Crippen molar-refractivity contribution in [2.75, 3.05) is 23.0 Å². The maximum atomic E-state index is 11.0. The average molecular weight is 429 g/mol. The van der Waals surface area contributed by atoms with Crippen LogP contribution in [0.3, 0.4) is 0 Å². The van der Waals surface area contributed by atoms with Crippen molar-refractivity contribution in [3.63, 3.8) is 0 Å². The fraction of sp³-hybridized carbons (Fsp3) is 0.333. The Balaban J connectivity index is 2.35. The third kappa shape index (κ3) is 7.12.